The van der Waals surface area contributed by atoms with Crippen molar-refractivity contribution in [3.8, 4) is 11.5 Å². The van der Waals surface area contributed by atoms with E-state index < -0.39 is 0 Å². The number of anilines is 2. The standard InChI is InChI=1S/C25H22ClN3O2S/c26-16-6-10-18(11-7-16)31-19-12-8-17(9-13-19)28-24(30)23-22(27)20-14-15-4-2-1-3-5-21(15)29-25(20)32-23/h6-14H,1-5,27H2,(H,28,30). The first-order valence-electron chi connectivity index (χ1n) is 10.6. The van der Waals surface area contributed by atoms with E-state index in [0.29, 0.717) is 32.8 Å². The van der Waals surface area contributed by atoms with E-state index in [0.717, 1.165) is 35.2 Å². The number of amides is 1. The second-order valence-electron chi connectivity index (χ2n) is 7.89. The lowest BCUT2D eigenvalue weighted by Gasteiger charge is -2.08. The molecule has 2 aromatic carbocycles. The maximum atomic E-state index is 12.9. The van der Waals surface area contributed by atoms with E-state index in [2.05, 4.69) is 11.4 Å². The fraction of sp³-hybridized carbons (Fsp3) is 0.200. The van der Waals surface area contributed by atoms with Gasteiger partial charge >= 0.3 is 0 Å². The van der Waals surface area contributed by atoms with Crippen LogP contribution in [0.3, 0.4) is 0 Å². The number of fused-ring (bicyclic) bond motifs is 2. The van der Waals surface area contributed by atoms with Crippen molar-refractivity contribution in [2.75, 3.05) is 11.1 Å². The van der Waals surface area contributed by atoms with Crippen molar-refractivity contribution in [2.45, 2.75) is 32.1 Å². The summed E-state index contributed by atoms with van der Waals surface area (Å²) >= 11 is 7.26. The molecule has 4 aromatic rings. The lowest BCUT2D eigenvalue weighted by Crippen LogP contribution is -2.11. The number of nitrogen functional groups attached to an aromatic ring is 1. The quantitative estimate of drug-likeness (QED) is 0.324. The number of ether oxygens (including phenoxy) is 1. The van der Waals surface area contributed by atoms with Crippen LogP contribution in [0.2, 0.25) is 5.02 Å². The van der Waals surface area contributed by atoms with Gasteiger partial charge in [-0.3, -0.25) is 4.79 Å². The predicted octanol–water partition coefficient (Wildman–Crippen LogP) is 6.85. The number of aromatic nitrogens is 1. The number of benzene rings is 2. The zero-order chi connectivity index (χ0) is 22.1. The minimum absolute atomic E-state index is 0.230. The summed E-state index contributed by atoms with van der Waals surface area (Å²) in [5, 5.41) is 4.47. The number of rotatable bonds is 4. The van der Waals surface area contributed by atoms with Crippen LogP contribution in [-0.4, -0.2) is 10.9 Å². The summed E-state index contributed by atoms with van der Waals surface area (Å²) < 4.78 is 5.80. The van der Waals surface area contributed by atoms with Gasteiger partial charge in [0, 0.05) is 21.8 Å². The van der Waals surface area contributed by atoms with Crippen LogP contribution >= 0.6 is 22.9 Å². The second kappa shape index (κ2) is 8.81. The van der Waals surface area contributed by atoms with Crippen LogP contribution < -0.4 is 15.8 Å². The molecule has 1 aliphatic rings. The van der Waals surface area contributed by atoms with Crippen LogP contribution in [0.5, 0.6) is 11.5 Å². The fourth-order valence-corrected chi connectivity index (χ4v) is 5.06. The first-order chi connectivity index (χ1) is 15.6. The third kappa shape index (κ3) is 4.29. The third-order valence-corrected chi connectivity index (χ3v) is 6.98. The molecule has 2 heterocycles. The Labute approximate surface area is 195 Å². The molecule has 2 aromatic heterocycles. The molecule has 0 unspecified atom stereocenters. The van der Waals surface area contributed by atoms with E-state index in [1.165, 1.54) is 29.7 Å². The molecule has 162 valence electrons. The monoisotopic (exact) mass is 463 g/mol. The number of thiophene rings is 1. The molecule has 5 nitrogen and oxygen atoms in total. The maximum absolute atomic E-state index is 12.9. The summed E-state index contributed by atoms with van der Waals surface area (Å²) in [6, 6.07) is 16.5. The van der Waals surface area contributed by atoms with E-state index >= 15 is 0 Å². The number of nitrogens with two attached hydrogens (primary N) is 1. The number of aryl methyl sites for hydroxylation is 2. The number of nitrogens with zero attached hydrogens (tertiary/aromatic N) is 1. The number of carbonyl (C=O) groups excluding carboxylic acids is 1. The van der Waals surface area contributed by atoms with Crippen molar-refractivity contribution in [1.82, 2.24) is 4.98 Å². The highest BCUT2D eigenvalue weighted by atomic mass is 35.5. The van der Waals surface area contributed by atoms with Gasteiger partial charge in [-0.2, -0.15) is 0 Å². The van der Waals surface area contributed by atoms with Gasteiger partial charge in [0.05, 0.1) is 5.69 Å². The summed E-state index contributed by atoms with van der Waals surface area (Å²) in [5.41, 5.74) is 9.96. The van der Waals surface area contributed by atoms with Crippen LogP contribution in [0, 0.1) is 0 Å². The average Bonchev–Trinajstić information content (AvgIpc) is 2.96. The fourth-order valence-electron chi connectivity index (χ4n) is 3.94. The zero-order valence-corrected chi connectivity index (χ0v) is 18.9. The average molecular weight is 464 g/mol. The normalized spacial score (nSPS) is 13.4. The Morgan fingerprint density at radius 3 is 2.44 bits per heavy atom. The number of nitrogens with one attached hydrogen (secondary N) is 1. The molecule has 3 N–H and O–H groups in total. The molecule has 0 fully saturated rings. The minimum Gasteiger partial charge on any atom is -0.457 e. The van der Waals surface area contributed by atoms with Crippen molar-refractivity contribution in [1.29, 1.82) is 0 Å². The van der Waals surface area contributed by atoms with E-state index in [1.807, 2.05) is 0 Å². The highest BCUT2D eigenvalue weighted by Gasteiger charge is 2.20. The number of carbonyl (C=O) groups is 1. The van der Waals surface area contributed by atoms with Gasteiger partial charge in [0.1, 0.15) is 21.2 Å². The molecule has 7 heteroatoms. The first kappa shape index (κ1) is 20.8. The van der Waals surface area contributed by atoms with Crippen LogP contribution in [0.4, 0.5) is 11.4 Å². The highest BCUT2D eigenvalue weighted by molar-refractivity contribution is 7.21. The summed E-state index contributed by atoms with van der Waals surface area (Å²) in [4.78, 5) is 19.1. The second-order valence-corrected chi connectivity index (χ2v) is 9.32. The van der Waals surface area contributed by atoms with Crippen molar-refractivity contribution in [3.05, 3.63) is 75.8 Å². The molecule has 0 bridgehead atoms. The van der Waals surface area contributed by atoms with Crippen LogP contribution in [0.25, 0.3) is 10.2 Å². The Balaban J connectivity index is 1.33. The lowest BCUT2D eigenvalue weighted by molar-refractivity contribution is 0.103. The Kier molecular flexibility index (Phi) is 5.72. The third-order valence-electron chi connectivity index (χ3n) is 5.62. The number of hydrogen-bond donors (Lipinski definition) is 2. The maximum Gasteiger partial charge on any atom is 0.267 e. The van der Waals surface area contributed by atoms with Crippen molar-refractivity contribution < 1.29 is 9.53 Å². The van der Waals surface area contributed by atoms with Crippen molar-refractivity contribution >= 4 is 50.4 Å². The molecular weight excluding hydrogens is 442 g/mol. The molecular formula is C25H22ClN3O2S. The van der Waals surface area contributed by atoms with Gasteiger partial charge in [-0.05, 0) is 85.8 Å². The van der Waals surface area contributed by atoms with Gasteiger partial charge in [-0.1, -0.05) is 18.0 Å². The molecule has 0 saturated heterocycles. The van der Waals surface area contributed by atoms with Crippen LogP contribution in [-0.2, 0) is 12.8 Å². The summed E-state index contributed by atoms with van der Waals surface area (Å²) in [6.07, 6.45) is 5.60. The molecule has 1 aliphatic carbocycles. The molecule has 0 spiro atoms. The van der Waals surface area contributed by atoms with Crippen molar-refractivity contribution in [3.63, 3.8) is 0 Å². The summed E-state index contributed by atoms with van der Waals surface area (Å²) in [5.74, 6) is 1.12. The van der Waals surface area contributed by atoms with E-state index in [1.54, 1.807) is 48.5 Å². The number of halogens is 1. The van der Waals surface area contributed by atoms with Gasteiger partial charge in [0.15, 0.2) is 0 Å². The highest BCUT2D eigenvalue weighted by Crippen LogP contribution is 2.36. The Morgan fingerprint density at radius 1 is 1.00 bits per heavy atom. The first-order valence-corrected chi connectivity index (χ1v) is 11.8. The van der Waals surface area contributed by atoms with Gasteiger partial charge in [-0.15, -0.1) is 11.3 Å². The topological polar surface area (TPSA) is 77.2 Å². The molecule has 0 radical (unpaired) electrons. The van der Waals surface area contributed by atoms with E-state index in [4.69, 9.17) is 27.1 Å². The van der Waals surface area contributed by atoms with Crippen LogP contribution in [0.1, 0.15) is 40.2 Å². The Hall–Kier alpha value is -3.09. The van der Waals surface area contributed by atoms with Gasteiger partial charge < -0.3 is 15.8 Å². The molecule has 0 saturated carbocycles. The van der Waals surface area contributed by atoms with E-state index in [9.17, 15) is 4.79 Å². The van der Waals surface area contributed by atoms with Crippen molar-refractivity contribution in [2.24, 2.45) is 0 Å². The number of hydrogen-bond acceptors (Lipinski definition) is 5. The molecule has 5 rings (SSSR count). The lowest BCUT2D eigenvalue weighted by atomic mass is 10.1. The SMILES string of the molecule is Nc1c(C(=O)Nc2ccc(Oc3ccc(Cl)cc3)cc2)sc2nc3c(cc12)CCCCC3. The van der Waals surface area contributed by atoms with Gasteiger partial charge in [-0.25, -0.2) is 4.98 Å². The summed E-state index contributed by atoms with van der Waals surface area (Å²) in [7, 11) is 0. The van der Waals surface area contributed by atoms with Crippen LogP contribution in [0.15, 0.2) is 54.6 Å². The molecule has 0 aliphatic heterocycles. The molecule has 32 heavy (non-hydrogen) atoms. The smallest absolute Gasteiger partial charge is 0.267 e. The largest absolute Gasteiger partial charge is 0.457 e. The summed E-state index contributed by atoms with van der Waals surface area (Å²) in [6.45, 7) is 0. The Morgan fingerprint density at radius 2 is 1.69 bits per heavy atom. The predicted molar refractivity (Wildman–Crippen MR) is 131 cm³/mol. The molecule has 0 atom stereocenters. The van der Waals surface area contributed by atoms with E-state index in [-0.39, 0.29) is 5.91 Å². The zero-order valence-electron chi connectivity index (χ0n) is 17.4. The number of pyridine rings is 1. The van der Waals surface area contributed by atoms with Gasteiger partial charge in [0.2, 0.25) is 0 Å². The minimum atomic E-state index is -0.230. The Bertz CT molecular complexity index is 1280. The molecule has 1 amide bonds. The van der Waals surface area contributed by atoms with Gasteiger partial charge in [0.25, 0.3) is 5.91 Å².